The summed E-state index contributed by atoms with van der Waals surface area (Å²) in [6.45, 7) is 0. The zero-order valence-electron chi connectivity index (χ0n) is 10.3. The Labute approximate surface area is 110 Å². The van der Waals surface area contributed by atoms with Crippen LogP contribution in [0.3, 0.4) is 0 Å². The summed E-state index contributed by atoms with van der Waals surface area (Å²) in [6.07, 6.45) is 5.10. The maximum Gasteiger partial charge on any atom is 0.228 e. The van der Waals surface area contributed by atoms with E-state index < -0.39 is 0 Å². The van der Waals surface area contributed by atoms with Crippen molar-refractivity contribution in [2.45, 2.75) is 6.42 Å². The quantitative estimate of drug-likeness (QED) is 0.696. The average Bonchev–Trinajstić information content (AvgIpc) is 2.99. The first kappa shape index (κ1) is 10.8. The molecular formula is C15H14N2O2. The van der Waals surface area contributed by atoms with Gasteiger partial charge in [0.25, 0.3) is 0 Å². The Bertz CT molecular complexity index is 557. The van der Waals surface area contributed by atoms with Crippen molar-refractivity contribution >= 4 is 23.2 Å². The molecule has 4 nitrogen and oxygen atoms in total. The molecular weight excluding hydrogens is 240 g/mol. The van der Waals surface area contributed by atoms with Crippen molar-refractivity contribution in [1.82, 2.24) is 0 Å². The largest absolute Gasteiger partial charge is 0.324 e. The minimum atomic E-state index is -0.219. The van der Waals surface area contributed by atoms with Gasteiger partial charge in [-0.3, -0.25) is 9.59 Å². The molecule has 0 aromatic heterocycles. The van der Waals surface area contributed by atoms with Crippen LogP contribution in [0.2, 0.25) is 0 Å². The fourth-order valence-corrected chi connectivity index (χ4v) is 3.67. The molecule has 2 aliphatic carbocycles. The van der Waals surface area contributed by atoms with Gasteiger partial charge < -0.3 is 10.6 Å². The van der Waals surface area contributed by atoms with Crippen molar-refractivity contribution in [2.24, 2.45) is 23.7 Å². The Balaban J connectivity index is 1.80. The summed E-state index contributed by atoms with van der Waals surface area (Å²) in [7, 11) is 0. The van der Waals surface area contributed by atoms with Crippen molar-refractivity contribution in [3.8, 4) is 0 Å². The summed E-state index contributed by atoms with van der Waals surface area (Å²) in [5, 5.41) is 5.90. The van der Waals surface area contributed by atoms with E-state index >= 15 is 0 Å². The fraction of sp³-hybridized carbons (Fsp3) is 0.333. The van der Waals surface area contributed by atoms with E-state index in [2.05, 4.69) is 22.8 Å². The molecule has 4 rings (SSSR count). The SMILES string of the molecule is O=C1Nc2ccccc2NC(=O)[C@@H]2[C@@H]1[C@H]1C=C[C@H]2C1. The van der Waals surface area contributed by atoms with Gasteiger partial charge in [0, 0.05) is 0 Å². The molecule has 3 aliphatic rings. The summed E-state index contributed by atoms with van der Waals surface area (Å²) >= 11 is 0. The number of allylic oxidation sites excluding steroid dienone is 2. The average molecular weight is 254 g/mol. The van der Waals surface area contributed by atoms with Crippen LogP contribution >= 0.6 is 0 Å². The van der Waals surface area contributed by atoms with Crippen LogP contribution in [0.1, 0.15) is 6.42 Å². The van der Waals surface area contributed by atoms with Gasteiger partial charge in [0.15, 0.2) is 0 Å². The molecule has 1 aromatic carbocycles. The summed E-state index contributed by atoms with van der Waals surface area (Å²) in [5.41, 5.74) is 1.37. The Morgan fingerprint density at radius 3 is 1.79 bits per heavy atom. The molecule has 0 spiro atoms. The van der Waals surface area contributed by atoms with Crippen molar-refractivity contribution < 1.29 is 9.59 Å². The predicted octanol–water partition coefficient (Wildman–Crippen LogP) is 2.02. The van der Waals surface area contributed by atoms with Gasteiger partial charge >= 0.3 is 0 Å². The number of nitrogens with one attached hydrogen (secondary N) is 2. The minimum absolute atomic E-state index is 0.0239. The molecule has 96 valence electrons. The van der Waals surface area contributed by atoms with Gasteiger partial charge in [-0.1, -0.05) is 24.3 Å². The zero-order chi connectivity index (χ0) is 13.0. The van der Waals surface area contributed by atoms with Crippen molar-refractivity contribution in [2.75, 3.05) is 10.6 Å². The highest BCUT2D eigenvalue weighted by molar-refractivity contribution is 6.06. The molecule has 0 unspecified atom stereocenters. The number of carbonyl (C=O) groups excluding carboxylic acids is 2. The van der Waals surface area contributed by atoms with Gasteiger partial charge in [-0.2, -0.15) is 0 Å². The first-order chi connectivity index (χ1) is 9.24. The lowest BCUT2D eigenvalue weighted by Crippen LogP contribution is -2.41. The summed E-state index contributed by atoms with van der Waals surface area (Å²) in [5.74, 6) is -0.0583. The highest BCUT2D eigenvalue weighted by Crippen LogP contribution is 2.49. The molecule has 1 heterocycles. The molecule has 0 saturated heterocycles. The van der Waals surface area contributed by atoms with Crippen LogP contribution < -0.4 is 10.6 Å². The fourth-order valence-electron chi connectivity index (χ4n) is 3.67. The van der Waals surface area contributed by atoms with Gasteiger partial charge in [0.1, 0.15) is 0 Å². The highest BCUT2D eigenvalue weighted by atomic mass is 16.2. The number of benzene rings is 1. The second kappa shape index (κ2) is 3.70. The maximum atomic E-state index is 12.4. The van der Waals surface area contributed by atoms with Gasteiger partial charge in [0.2, 0.25) is 11.8 Å². The second-order valence-corrected chi connectivity index (χ2v) is 5.52. The third kappa shape index (κ3) is 1.46. The standard InChI is InChI=1S/C15H14N2O2/c18-14-12-8-5-6-9(7-8)13(12)15(19)17-11-4-2-1-3-10(11)16-14/h1-6,8-9,12-13H,7H2,(H,16,18)(H,17,19)/t8-,9-,12-,13-/m0/s1. The first-order valence-corrected chi connectivity index (χ1v) is 6.63. The van der Waals surface area contributed by atoms with E-state index in [-0.39, 0.29) is 35.5 Å². The normalized spacial score (nSPS) is 34.9. The molecule has 2 amide bonds. The van der Waals surface area contributed by atoms with Crippen LogP contribution in [0.15, 0.2) is 36.4 Å². The lowest BCUT2D eigenvalue weighted by Gasteiger charge is -2.29. The molecule has 1 saturated carbocycles. The van der Waals surface area contributed by atoms with E-state index in [4.69, 9.17) is 0 Å². The Morgan fingerprint density at radius 1 is 0.842 bits per heavy atom. The van der Waals surface area contributed by atoms with Gasteiger partial charge in [-0.15, -0.1) is 0 Å². The van der Waals surface area contributed by atoms with E-state index in [1.165, 1.54) is 0 Å². The van der Waals surface area contributed by atoms with E-state index in [0.717, 1.165) is 6.42 Å². The van der Waals surface area contributed by atoms with E-state index in [1.807, 2.05) is 24.3 Å². The third-order valence-corrected chi connectivity index (χ3v) is 4.51. The molecule has 2 bridgehead atoms. The number of para-hydroxylation sites is 2. The lowest BCUT2D eigenvalue weighted by molar-refractivity contribution is -0.129. The highest BCUT2D eigenvalue weighted by Gasteiger charge is 2.52. The number of carbonyl (C=O) groups is 2. The molecule has 1 aromatic rings. The number of rotatable bonds is 0. The number of hydrogen-bond acceptors (Lipinski definition) is 2. The zero-order valence-corrected chi connectivity index (χ0v) is 10.3. The van der Waals surface area contributed by atoms with Crippen molar-refractivity contribution in [3.63, 3.8) is 0 Å². The molecule has 4 atom stereocenters. The molecule has 19 heavy (non-hydrogen) atoms. The van der Waals surface area contributed by atoms with Crippen LogP contribution in [-0.2, 0) is 9.59 Å². The van der Waals surface area contributed by atoms with Gasteiger partial charge in [0.05, 0.1) is 23.2 Å². The van der Waals surface area contributed by atoms with Crippen LogP contribution in [0.25, 0.3) is 0 Å². The van der Waals surface area contributed by atoms with Crippen LogP contribution in [0.4, 0.5) is 11.4 Å². The predicted molar refractivity (Wildman–Crippen MR) is 71.4 cm³/mol. The molecule has 0 radical (unpaired) electrons. The lowest BCUT2D eigenvalue weighted by atomic mass is 9.81. The van der Waals surface area contributed by atoms with Gasteiger partial charge in [-0.05, 0) is 30.4 Å². The maximum absolute atomic E-state index is 12.4. The molecule has 1 aliphatic heterocycles. The molecule has 2 N–H and O–H groups in total. The van der Waals surface area contributed by atoms with Crippen molar-refractivity contribution in [3.05, 3.63) is 36.4 Å². The third-order valence-electron chi connectivity index (χ3n) is 4.51. The minimum Gasteiger partial charge on any atom is -0.324 e. The molecule has 1 fully saturated rings. The Morgan fingerprint density at radius 2 is 1.32 bits per heavy atom. The van der Waals surface area contributed by atoms with Gasteiger partial charge in [-0.25, -0.2) is 0 Å². The number of hydrogen-bond donors (Lipinski definition) is 2. The topological polar surface area (TPSA) is 58.2 Å². The van der Waals surface area contributed by atoms with E-state index in [0.29, 0.717) is 11.4 Å². The van der Waals surface area contributed by atoms with Crippen molar-refractivity contribution in [1.29, 1.82) is 0 Å². The van der Waals surface area contributed by atoms with Crippen LogP contribution in [-0.4, -0.2) is 11.8 Å². The summed E-state index contributed by atoms with van der Waals surface area (Å²) < 4.78 is 0. The first-order valence-electron chi connectivity index (χ1n) is 6.63. The number of fused-ring (bicyclic) bond motifs is 6. The summed E-state index contributed by atoms with van der Waals surface area (Å²) in [4.78, 5) is 24.8. The number of amides is 2. The Hall–Kier alpha value is -2.10. The Kier molecular flexibility index (Phi) is 2.10. The number of anilines is 2. The van der Waals surface area contributed by atoms with Crippen LogP contribution in [0.5, 0.6) is 0 Å². The van der Waals surface area contributed by atoms with Crippen LogP contribution in [0, 0.1) is 23.7 Å². The molecule has 4 heteroatoms. The summed E-state index contributed by atoms with van der Waals surface area (Å²) in [6, 6.07) is 7.34. The monoisotopic (exact) mass is 254 g/mol. The second-order valence-electron chi connectivity index (χ2n) is 5.52. The van der Waals surface area contributed by atoms with E-state index in [1.54, 1.807) is 0 Å². The van der Waals surface area contributed by atoms with E-state index in [9.17, 15) is 9.59 Å². The smallest absolute Gasteiger partial charge is 0.228 e.